The molecule has 2 aromatic carbocycles. The zero-order valence-corrected chi connectivity index (χ0v) is 15.1. The molecule has 24 heavy (non-hydrogen) atoms. The molecule has 0 aliphatic heterocycles. The molecule has 0 aliphatic rings. The zero-order valence-electron chi connectivity index (χ0n) is 13.6. The predicted octanol–water partition coefficient (Wildman–Crippen LogP) is 4.09. The van der Waals surface area contributed by atoms with E-state index in [0.717, 1.165) is 4.47 Å². The van der Waals surface area contributed by atoms with E-state index in [2.05, 4.69) is 15.9 Å². The summed E-state index contributed by atoms with van der Waals surface area (Å²) in [5.74, 6) is -1.52. The van der Waals surface area contributed by atoms with Crippen molar-refractivity contribution in [2.45, 2.75) is 13.8 Å². The van der Waals surface area contributed by atoms with Gasteiger partial charge in [0.15, 0.2) is 0 Å². The Labute approximate surface area is 148 Å². The minimum absolute atomic E-state index is 0.0189. The van der Waals surface area contributed by atoms with Gasteiger partial charge in [0.05, 0.1) is 19.3 Å². The van der Waals surface area contributed by atoms with Gasteiger partial charge in [-0.15, -0.1) is 0 Å². The van der Waals surface area contributed by atoms with Crippen molar-refractivity contribution in [3.05, 3.63) is 51.5 Å². The summed E-state index contributed by atoms with van der Waals surface area (Å²) < 4.78 is 10.7. The minimum atomic E-state index is -0.677. The quantitative estimate of drug-likeness (QED) is 0.793. The van der Waals surface area contributed by atoms with Crippen LogP contribution in [0.5, 0.6) is 5.75 Å². The van der Waals surface area contributed by atoms with Crippen LogP contribution in [0.3, 0.4) is 0 Å². The molecule has 0 fully saturated rings. The molecule has 0 atom stereocenters. The van der Waals surface area contributed by atoms with Gasteiger partial charge in [-0.05, 0) is 37.6 Å². The summed E-state index contributed by atoms with van der Waals surface area (Å²) in [5.41, 5.74) is 1.57. The van der Waals surface area contributed by atoms with Crippen LogP contribution in [0, 0.1) is 6.92 Å². The average Bonchev–Trinajstić information content (AvgIpc) is 2.57. The van der Waals surface area contributed by atoms with Crippen molar-refractivity contribution >= 4 is 27.9 Å². The Hall–Kier alpha value is -2.34. The highest BCUT2D eigenvalue weighted by Gasteiger charge is 2.25. The van der Waals surface area contributed by atoms with E-state index in [9.17, 15) is 14.7 Å². The lowest BCUT2D eigenvalue weighted by molar-refractivity contribution is 0.0522. The molecule has 0 saturated carbocycles. The normalized spacial score (nSPS) is 10.3. The first-order valence-electron chi connectivity index (χ1n) is 7.28. The molecule has 0 saturated heterocycles. The van der Waals surface area contributed by atoms with Crippen LogP contribution < -0.4 is 0 Å². The Morgan fingerprint density at radius 1 is 1.17 bits per heavy atom. The number of phenols is 1. The van der Waals surface area contributed by atoms with Gasteiger partial charge in [-0.2, -0.15) is 0 Å². The Balaban J connectivity index is 2.75. The number of carbonyl (C=O) groups excluding carboxylic acids is 2. The number of benzene rings is 2. The van der Waals surface area contributed by atoms with E-state index in [4.69, 9.17) is 9.47 Å². The molecule has 5 nitrogen and oxygen atoms in total. The fraction of sp³-hybridized carbons (Fsp3) is 0.222. The molecule has 0 heterocycles. The molecule has 1 N–H and O–H groups in total. The lowest BCUT2D eigenvalue weighted by Crippen LogP contribution is -2.11. The summed E-state index contributed by atoms with van der Waals surface area (Å²) in [5, 5.41) is 10.5. The maximum absolute atomic E-state index is 12.1. The van der Waals surface area contributed by atoms with Gasteiger partial charge in [-0.3, -0.25) is 0 Å². The SMILES string of the molecule is CCOC(=O)c1cc(-c2ccc(Br)cc2)c(C(=O)OC)c(O)c1C. The number of aromatic hydroxyl groups is 1. The van der Waals surface area contributed by atoms with Gasteiger partial charge in [-0.1, -0.05) is 28.1 Å². The standard InChI is InChI=1S/C18H17BrO5/c1-4-24-17(21)13-9-14(11-5-7-12(19)8-6-11)15(18(22)23-3)16(20)10(13)2/h5-9,20H,4H2,1-3H3. The Kier molecular flexibility index (Phi) is 5.62. The highest BCUT2D eigenvalue weighted by molar-refractivity contribution is 9.10. The number of ether oxygens (including phenoxy) is 2. The molecule has 6 heteroatoms. The van der Waals surface area contributed by atoms with Crippen LogP contribution in [-0.4, -0.2) is 30.8 Å². The number of hydrogen-bond acceptors (Lipinski definition) is 5. The molecule has 2 rings (SSSR count). The summed E-state index contributed by atoms with van der Waals surface area (Å²) in [6.45, 7) is 3.47. The van der Waals surface area contributed by atoms with Gasteiger partial charge in [0.1, 0.15) is 11.3 Å². The van der Waals surface area contributed by atoms with Gasteiger partial charge in [0.25, 0.3) is 0 Å². The second-order valence-corrected chi connectivity index (χ2v) is 5.95. The van der Waals surface area contributed by atoms with E-state index < -0.39 is 11.9 Å². The maximum atomic E-state index is 12.1. The van der Waals surface area contributed by atoms with Crippen LogP contribution in [-0.2, 0) is 9.47 Å². The van der Waals surface area contributed by atoms with Crippen LogP contribution in [0.25, 0.3) is 11.1 Å². The zero-order chi connectivity index (χ0) is 17.9. The van der Waals surface area contributed by atoms with E-state index in [1.54, 1.807) is 44.2 Å². The first-order chi connectivity index (χ1) is 11.4. The molecule has 0 unspecified atom stereocenters. The van der Waals surface area contributed by atoms with E-state index >= 15 is 0 Å². The Morgan fingerprint density at radius 3 is 2.33 bits per heavy atom. The van der Waals surface area contributed by atoms with Crippen molar-refractivity contribution < 1.29 is 24.2 Å². The average molecular weight is 393 g/mol. The Bertz CT molecular complexity index is 781. The van der Waals surface area contributed by atoms with Crippen LogP contribution in [0.2, 0.25) is 0 Å². The molecular weight excluding hydrogens is 376 g/mol. The van der Waals surface area contributed by atoms with Crippen LogP contribution in [0.15, 0.2) is 34.8 Å². The first kappa shape index (κ1) is 18.0. The lowest BCUT2D eigenvalue weighted by atomic mass is 9.93. The number of hydrogen-bond donors (Lipinski definition) is 1. The number of methoxy groups -OCH3 is 1. The number of phenolic OH excluding ortho intramolecular Hbond substituents is 1. The van der Waals surface area contributed by atoms with Crippen LogP contribution in [0.4, 0.5) is 0 Å². The molecule has 0 amide bonds. The second-order valence-electron chi connectivity index (χ2n) is 5.04. The highest BCUT2D eigenvalue weighted by atomic mass is 79.9. The predicted molar refractivity (Wildman–Crippen MR) is 93.3 cm³/mol. The maximum Gasteiger partial charge on any atom is 0.342 e. The molecule has 0 spiro atoms. The Morgan fingerprint density at radius 2 is 1.79 bits per heavy atom. The lowest BCUT2D eigenvalue weighted by Gasteiger charge is -2.15. The van der Waals surface area contributed by atoms with Crippen molar-refractivity contribution in [2.24, 2.45) is 0 Å². The summed E-state index contributed by atoms with van der Waals surface area (Å²) in [6, 6.07) is 8.70. The van der Waals surface area contributed by atoms with Gasteiger partial charge >= 0.3 is 11.9 Å². The van der Waals surface area contributed by atoms with E-state index in [1.807, 2.05) is 0 Å². The minimum Gasteiger partial charge on any atom is -0.507 e. The smallest absolute Gasteiger partial charge is 0.342 e. The molecule has 0 aliphatic carbocycles. The highest BCUT2D eigenvalue weighted by Crippen LogP contribution is 2.36. The largest absolute Gasteiger partial charge is 0.507 e. The molecule has 0 aromatic heterocycles. The summed E-state index contributed by atoms with van der Waals surface area (Å²) in [7, 11) is 1.24. The van der Waals surface area contributed by atoms with Gasteiger partial charge < -0.3 is 14.6 Å². The van der Waals surface area contributed by atoms with E-state index in [0.29, 0.717) is 11.1 Å². The summed E-state index contributed by atoms with van der Waals surface area (Å²) in [6.07, 6.45) is 0. The fourth-order valence-electron chi connectivity index (χ4n) is 2.35. The second kappa shape index (κ2) is 7.49. The van der Waals surface area contributed by atoms with Gasteiger partial charge in [0, 0.05) is 15.6 Å². The molecule has 126 valence electrons. The van der Waals surface area contributed by atoms with Crippen molar-refractivity contribution in [1.29, 1.82) is 0 Å². The molecule has 0 bridgehead atoms. The third-order valence-corrected chi connectivity index (χ3v) is 4.12. The van der Waals surface area contributed by atoms with E-state index in [1.165, 1.54) is 7.11 Å². The van der Waals surface area contributed by atoms with Crippen molar-refractivity contribution in [3.63, 3.8) is 0 Å². The fourth-order valence-corrected chi connectivity index (χ4v) is 2.62. The van der Waals surface area contributed by atoms with E-state index in [-0.39, 0.29) is 29.0 Å². The number of rotatable bonds is 4. The van der Waals surface area contributed by atoms with Gasteiger partial charge in [-0.25, -0.2) is 9.59 Å². The third kappa shape index (κ3) is 3.43. The number of carbonyl (C=O) groups is 2. The summed E-state index contributed by atoms with van der Waals surface area (Å²) >= 11 is 3.35. The van der Waals surface area contributed by atoms with Crippen LogP contribution in [0.1, 0.15) is 33.2 Å². The monoisotopic (exact) mass is 392 g/mol. The summed E-state index contributed by atoms with van der Waals surface area (Å²) in [4.78, 5) is 24.3. The van der Waals surface area contributed by atoms with Crippen molar-refractivity contribution in [2.75, 3.05) is 13.7 Å². The molecular formula is C18H17BrO5. The molecule has 0 radical (unpaired) electrons. The van der Waals surface area contributed by atoms with Gasteiger partial charge in [0.2, 0.25) is 0 Å². The first-order valence-corrected chi connectivity index (χ1v) is 8.07. The van der Waals surface area contributed by atoms with Crippen LogP contribution >= 0.6 is 15.9 Å². The third-order valence-electron chi connectivity index (χ3n) is 3.59. The topological polar surface area (TPSA) is 72.8 Å². The number of esters is 2. The van der Waals surface area contributed by atoms with Crippen molar-refractivity contribution in [3.8, 4) is 16.9 Å². The molecule has 2 aromatic rings. The number of halogens is 1. The van der Waals surface area contributed by atoms with Crippen molar-refractivity contribution in [1.82, 2.24) is 0 Å².